The van der Waals surface area contributed by atoms with Crippen molar-refractivity contribution in [2.24, 2.45) is 11.3 Å². The smallest absolute Gasteiger partial charge is 0.00429 e. The Morgan fingerprint density at radius 2 is 2.00 bits per heavy atom. The van der Waals surface area contributed by atoms with Crippen LogP contribution in [0.25, 0.3) is 0 Å². The van der Waals surface area contributed by atoms with E-state index in [0.717, 1.165) is 11.7 Å². The highest BCUT2D eigenvalue weighted by atomic mass is 32.1. The Morgan fingerprint density at radius 1 is 1.42 bits per heavy atom. The van der Waals surface area contributed by atoms with E-state index in [1.807, 2.05) is 0 Å². The van der Waals surface area contributed by atoms with Gasteiger partial charge < -0.3 is 4.90 Å². The molecule has 0 heterocycles. The molecule has 1 saturated carbocycles. The van der Waals surface area contributed by atoms with Gasteiger partial charge in [-0.3, -0.25) is 0 Å². The fraction of sp³-hybridized carbons (Fsp3) is 1.00. The van der Waals surface area contributed by atoms with Crippen LogP contribution in [-0.2, 0) is 0 Å². The molecule has 1 aliphatic carbocycles. The van der Waals surface area contributed by atoms with Crippen molar-refractivity contribution in [2.45, 2.75) is 26.7 Å². The third-order valence-corrected chi connectivity index (χ3v) is 3.25. The average Bonchev–Trinajstić information content (AvgIpc) is 2.67. The molecule has 0 spiro atoms. The molecule has 0 radical (unpaired) electrons. The fourth-order valence-corrected chi connectivity index (χ4v) is 2.22. The number of rotatable bonds is 5. The molecule has 1 fully saturated rings. The van der Waals surface area contributed by atoms with Crippen molar-refractivity contribution in [1.29, 1.82) is 0 Å². The zero-order chi connectivity index (χ0) is 9.19. The van der Waals surface area contributed by atoms with E-state index in [1.165, 1.54) is 25.9 Å². The summed E-state index contributed by atoms with van der Waals surface area (Å²) in [5.74, 6) is 1.85. The summed E-state index contributed by atoms with van der Waals surface area (Å²) in [6.07, 6.45) is 2.78. The fourth-order valence-electron chi connectivity index (χ4n) is 1.80. The molecule has 1 aliphatic rings. The molecule has 0 bridgehead atoms. The molecule has 0 amide bonds. The molecule has 0 aromatic rings. The predicted octanol–water partition coefficient (Wildman–Crippen LogP) is 2.28. The van der Waals surface area contributed by atoms with E-state index in [-0.39, 0.29) is 0 Å². The minimum atomic E-state index is 0.590. The molecular weight excluding hydrogens is 166 g/mol. The van der Waals surface area contributed by atoms with Crippen molar-refractivity contribution in [3.8, 4) is 0 Å². The quantitative estimate of drug-likeness (QED) is 0.646. The Bertz CT molecular complexity index is 141. The van der Waals surface area contributed by atoms with E-state index in [1.54, 1.807) is 0 Å². The number of nitrogens with zero attached hydrogens (tertiary/aromatic N) is 1. The Morgan fingerprint density at radius 3 is 2.33 bits per heavy atom. The molecule has 0 aromatic carbocycles. The van der Waals surface area contributed by atoms with E-state index < -0.39 is 0 Å². The summed E-state index contributed by atoms with van der Waals surface area (Å²) in [6.45, 7) is 7.01. The van der Waals surface area contributed by atoms with Crippen LogP contribution in [0.1, 0.15) is 26.7 Å². The second kappa shape index (κ2) is 4.01. The second-order valence-electron chi connectivity index (χ2n) is 4.75. The first-order chi connectivity index (χ1) is 5.58. The largest absolute Gasteiger partial charge is 0.306 e. The minimum absolute atomic E-state index is 0.590. The number of thiol groups is 1. The lowest BCUT2D eigenvalue weighted by Gasteiger charge is -2.23. The number of hydrogen-bond donors (Lipinski definition) is 1. The molecule has 72 valence electrons. The molecule has 0 saturated heterocycles. The number of hydrogen-bond acceptors (Lipinski definition) is 2. The molecule has 0 unspecified atom stereocenters. The van der Waals surface area contributed by atoms with Gasteiger partial charge in [-0.05, 0) is 37.0 Å². The molecule has 2 heteroatoms. The van der Waals surface area contributed by atoms with Gasteiger partial charge in [0.05, 0.1) is 0 Å². The summed E-state index contributed by atoms with van der Waals surface area (Å²) >= 11 is 4.40. The van der Waals surface area contributed by atoms with Crippen LogP contribution in [0.3, 0.4) is 0 Å². The van der Waals surface area contributed by atoms with Crippen LogP contribution in [0.4, 0.5) is 0 Å². The van der Waals surface area contributed by atoms with Crippen LogP contribution in [0.2, 0.25) is 0 Å². The molecule has 12 heavy (non-hydrogen) atoms. The summed E-state index contributed by atoms with van der Waals surface area (Å²) in [5, 5.41) is 0. The lowest BCUT2D eigenvalue weighted by Crippen LogP contribution is -2.30. The minimum Gasteiger partial charge on any atom is -0.306 e. The van der Waals surface area contributed by atoms with E-state index >= 15 is 0 Å². The van der Waals surface area contributed by atoms with Gasteiger partial charge in [0.1, 0.15) is 0 Å². The van der Waals surface area contributed by atoms with Crippen molar-refractivity contribution in [3.63, 3.8) is 0 Å². The first kappa shape index (κ1) is 10.4. The van der Waals surface area contributed by atoms with Gasteiger partial charge >= 0.3 is 0 Å². The lowest BCUT2D eigenvalue weighted by atomic mass is 10.1. The van der Waals surface area contributed by atoms with Crippen LogP contribution < -0.4 is 0 Å². The van der Waals surface area contributed by atoms with Crippen molar-refractivity contribution < 1.29 is 0 Å². The van der Waals surface area contributed by atoms with Crippen LogP contribution in [0.15, 0.2) is 0 Å². The predicted molar refractivity (Wildman–Crippen MR) is 57.9 cm³/mol. The maximum atomic E-state index is 4.40. The van der Waals surface area contributed by atoms with E-state index in [9.17, 15) is 0 Å². The van der Waals surface area contributed by atoms with E-state index in [2.05, 4.69) is 38.4 Å². The van der Waals surface area contributed by atoms with Gasteiger partial charge in [0, 0.05) is 13.1 Å². The van der Waals surface area contributed by atoms with Crippen molar-refractivity contribution >= 4 is 12.6 Å². The van der Waals surface area contributed by atoms with E-state index in [0.29, 0.717) is 5.41 Å². The van der Waals surface area contributed by atoms with Gasteiger partial charge in [0.25, 0.3) is 0 Å². The third kappa shape index (κ3) is 2.98. The summed E-state index contributed by atoms with van der Waals surface area (Å²) < 4.78 is 0. The molecule has 0 atom stereocenters. The highest BCUT2D eigenvalue weighted by Gasteiger charge is 2.41. The van der Waals surface area contributed by atoms with Crippen LogP contribution in [-0.4, -0.2) is 30.8 Å². The van der Waals surface area contributed by atoms with Gasteiger partial charge in [0.15, 0.2) is 0 Å². The third-order valence-electron chi connectivity index (χ3n) is 2.57. The summed E-state index contributed by atoms with van der Waals surface area (Å²) in [5.41, 5.74) is 0.590. The van der Waals surface area contributed by atoms with Gasteiger partial charge in [-0.25, -0.2) is 0 Å². The average molecular weight is 187 g/mol. The molecule has 0 aromatic heterocycles. The standard InChI is InChI=1S/C10H21NS/c1-9(2)6-11(3)7-10(8-12)4-5-10/h9,12H,4-8H2,1-3H3. The SMILES string of the molecule is CC(C)CN(C)CC1(CS)CC1. The van der Waals surface area contributed by atoms with E-state index in [4.69, 9.17) is 0 Å². The Balaban J connectivity index is 2.21. The van der Waals surface area contributed by atoms with Crippen LogP contribution in [0, 0.1) is 11.3 Å². The molecular formula is C10H21NS. The summed E-state index contributed by atoms with van der Waals surface area (Å²) in [7, 11) is 2.23. The van der Waals surface area contributed by atoms with Crippen LogP contribution >= 0.6 is 12.6 Å². The maximum absolute atomic E-state index is 4.40. The zero-order valence-electron chi connectivity index (χ0n) is 8.51. The van der Waals surface area contributed by atoms with Crippen molar-refractivity contribution in [3.05, 3.63) is 0 Å². The Hall–Kier alpha value is 0.310. The Labute approximate surface area is 81.9 Å². The highest BCUT2D eigenvalue weighted by molar-refractivity contribution is 7.80. The van der Waals surface area contributed by atoms with Crippen LogP contribution in [0.5, 0.6) is 0 Å². The molecule has 1 nitrogen and oxygen atoms in total. The second-order valence-corrected chi connectivity index (χ2v) is 5.06. The topological polar surface area (TPSA) is 3.24 Å². The monoisotopic (exact) mass is 187 g/mol. The highest BCUT2D eigenvalue weighted by Crippen LogP contribution is 2.46. The first-order valence-electron chi connectivity index (χ1n) is 4.87. The van der Waals surface area contributed by atoms with Gasteiger partial charge in [-0.15, -0.1) is 0 Å². The van der Waals surface area contributed by atoms with Crippen molar-refractivity contribution in [1.82, 2.24) is 4.90 Å². The lowest BCUT2D eigenvalue weighted by molar-refractivity contribution is 0.251. The normalized spacial score (nSPS) is 20.5. The molecule has 1 rings (SSSR count). The Kier molecular flexibility index (Phi) is 3.47. The van der Waals surface area contributed by atoms with Gasteiger partial charge in [-0.1, -0.05) is 13.8 Å². The molecule has 0 N–H and O–H groups in total. The summed E-state index contributed by atoms with van der Waals surface area (Å²) in [4.78, 5) is 2.45. The molecule has 0 aliphatic heterocycles. The van der Waals surface area contributed by atoms with Gasteiger partial charge in [-0.2, -0.15) is 12.6 Å². The summed E-state index contributed by atoms with van der Waals surface area (Å²) in [6, 6.07) is 0. The first-order valence-corrected chi connectivity index (χ1v) is 5.51. The zero-order valence-corrected chi connectivity index (χ0v) is 9.40. The van der Waals surface area contributed by atoms with Gasteiger partial charge in [0.2, 0.25) is 0 Å². The van der Waals surface area contributed by atoms with Crippen molar-refractivity contribution in [2.75, 3.05) is 25.9 Å². The maximum Gasteiger partial charge on any atom is 0.00429 e.